The molecule has 1 amide bonds. The van der Waals surface area contributed by atoms with Gasteiger partial charge in [-0.1, -0.05) is 62.4 Å². The maximum atomic E-state index is 12.6. The Balaban J connectivity index is 1.74. The molecule has 0 radical (unpaired) electrons. The van der Waals surface area contributed by atoms with Crippen LogP contribution in [0, 0.1) is 5.92 Å². The van der Waals surface area contributed by atoms with Gasteiger partial charge in [-0.3, -0.25) is 4.79 Å². The summed E-state index contributed by atoms with van der Waals surface area (Å²) in [4.78, 5) is 25.1. The summed E-state index contributed by atoms with van der Waals surface area (Å²) in [6, 6.07) is 15.9. The van der Waals surface area contributed by atoms with E-state index in [0.29, 0.717) is 0 Å². The monoisotopic (exact) mass is 367 g/mol. The number of fused-ring (bicyclic) bond motifs is 3. The smallest absolute Gasteiger partial charge is 0.409 e. The number of ether oxygens (including phenoxy) is 1. The maximum absolute atomic E-state index is 12.6. The highest BCUT2D eigenvalue weighted by Gasteiger charge is 2.31. The number of benzene rings is 2. The summed E-state index contributed by atoms with van der Waals surface area (Å²) in [7, 11) is 1.60. The summed E-state index contributed by atoms with van der Waals surface area (Å²) in [5.74, 6) is -0.912. The Morgan fingerprint density at radius 1 is 1.04 bits per heavy atom. The molecule has 0 saturated heterocycles. The van der Waals surface area contributed by atoms with Gasteiger partial charge in [0.1, 0.15) is 6.61 Å². The van der Waals surface area contributed by atoms with E-state index in [0.717, 1.165) is 11.1 Å². The Labute approximate surface area is 159 Å². The Bertz CT molecular complexity index is 800. The van der Waals surface area contributed by atoms with E-state index in [1.54, 1.807) is 7.05 Å². The molecule has 0 aliphatic heterocycles. The van der Waals surface area contributed by atoms with E-state index in [-0.39, 0.29) is 24.9 Å². The molecule has 27 heavy (non-hydrogen) atoms. The minimum absolute atomic E-state index is 0.00766. The third-order valence-corrected chi connectivity index (χ3v) is 5.27. The number of aliphatic carboxylic acids is 1. The second-order valence-electron chi connectivity index (χ2n) is 7.32. The van der Waals surface area contributed by atoms with Gasteiger partial charge in [-0.05, 0) is 28.2 Å². The van der Waals surface area contributed by atoms with Crippen molar-refractivity contribution >= 4 is 12.1 Å². The van der Waals surface area contributed by atoms with Crippen LogP contribution >= 0.6 is 0 Å². The van der Waals surface area contributed by atoms with E-state index in [9.17, 15) is 9.59 Å². The van der Waals surface area contributed by atoms with Crippen LogP contribution in [0.1, 0.15) is 37.3 Å². The number of rotatable bonds is 6. The Morgan fingerprint density at radius 2 is 1.56 bits per heavy atom. The van der Waals surface area contributed by atoms with Gasteiger partial charge < -0.3 is 14.7 Å². The average Bonchev–Trinajstić information content (AvgIpc) is 2.97. The van der Waals surface area contributed by atoms with Gasteiger partial charge in [0.15, 0.2) is 0 Å². The Kier molecular flexibility index (Phi) is 5.49. The minimum Gasteiger partial charge on any atom is -0.481 e. The lowest BCUT2D eigenvalue weighted by Gasteiger charge is -2.29. The molecule has 0 heterocycles. The fourth-order valence-electron chi connectivity index (χ4n) is 3.83. The third-order valence-electron chi connectivity index (χ3n) is 5.27. The third kappa shape index (κ3) is 3.82. The van der Waals surface area contributed by atoms with E-state index in [2.05, 4.69) is 24.3 Å². The number of amides is 1. The highest BCUT2D eigenvalue weighted by molar-refractivity contribution is 5.79. The molecule has 5 nitrogen and oxygen atoms in total. The molecule has 0 bridgehead atoms. The average molecular weight is 367 g/mol. The molecule has 0 fully saturated rings. The summed E-state index contributed by atoms with van der Waals surface area (Å²) in [6.45, 7) is 4.04. The van der Waals surface area contributed by atoms with Crippen molar-refractivity contribution in [1.82, 2.24) is 4.90 Å². The van der Waals surface area contributed by atoms with Gasteiger partial charge in [0.25, 0.3) is 0 Å². The lowest BCUT2D eigenvalue weighted by atomic mass is 9.98. The van der Waals surface area contributed by atoms with Gasteiger partial charge >= 0.3 is 12.1 Å². The van der Waals surface area contributed by atoms with Gasteiger partial charge in [0, 0.05) is 19.0 Å². The van der Waals surface area contributed by atoms with Crippen LogP contribution in [0.15, 0.2) is 48.5 Å². The van der Waals surface area contributed by atoms with Crippen molar-refractivity contribution in [3.05, 3.63) is 59.7 Å². The van der Waals surface area contributed by atoms with Crippen molar-refractivity contribution < 1.29 is 19.4 Å². The predicted molar refractivity (Wildman–Crippen MR) is 104 cm³/mol. The van der Waals surface area contributed by atoms with Gasteiger partial charge in [0.05, 0.1) is 6.42 Å². The first-order valence-electron chi connectivity index (χ1n) is 9.19. The number of carbonyl (C=O) groups excluding carboxylic acids is 1. The predicted octanol–water partition coefficient (Wildman–Crippen LogP) is 4.37. The van der Waals surface area contributed by atoms with Crippen molar-refractivity contribution in [2.24, 2.45) is 5.92 Å². The quantitative estimate of drug-likeness (QED) is 0.823. The normalized spacial score (nSPS) is 13.8. The van der Waals surface area contributed by atoms with E-state index in [1.165, 1.54) is 16.0 Å². The zero-order chi connectivity index (χ0) is 19.6. The largest absolute Gasteiger partial charge is 0.481 e. The van der Waals surface area contributed by atoms with Crippen LogP contribution in [0.3, 0.4) is 0 Å². The number of carboxylic acids is 1. The molecule has 3 rings (SSSR count). The molecule has 0 spiro atoms. The molecule has 1 aliphatic carbocycles. The number of hydrogen-bond acceptors (Lipinski definition) is 3. The van der Waals surface area contributed by atoms with Gasteiger partial charge in [0.2, 0.25) is 0 Å². The number of hydrogen-bond donors (Lipinski definition) is 1. The zero-order valence-corrected chi connectivity index (χ0v) is 15.9. The fourth-order valence-corrected chi connectivity index (χ4v) is 3.83. The van der Waals surface area contributed by atoms with Crippen molar-refractivity contribution in [3.8, 4) is 11.1 Å². The molecule has 0 aromatic heterocycles. The Morgan fingerprint density at radius 3 is 2.04 bits per heavy atom. The van der Waals surface area contributed by atoms with Gasteiger partial charge in [-0.25, -0.2) is 4.79 Å². The molecule has 142 valence electrons. The SMILES string of the molecule is CC(C)[C@H](CC(=O)O)N(C)C(=O)OCC1c2ccccc2-c2ccccc21. The van der Waals surface area contributed by atoms with Crippen LogP contribution in [-0.4, -0.2) is 41.8 Å². The van der Waals surface area contributed by atoms with E-state index < -0.39 is 18.1 Å². The van der Waals surface area contributed by atoms with Gasteiger partial charge in [-0.15, -0.1) is 0 Å². The van der Waals surface area contributed by atoms with Crippen LogP contribution < -0.4 is 0 Å². The highest BCUT2D eigenvalue weighted by atomic mass is 16.6. The van der Waals surface area contributed by atoms with Crippen molar-refractivity contribution in [1.29, 1.82) is 0 Å². The Hall–Kier alpha value is -2.82. The molecule has 1 aliphatic rings. The first-order valence-corrected chi connectivity index (χ1v) is 9.19. The second-order valence-corrected chi connectivity index (χ2v) is 7.32. The van der Waals surface area contributed by atoms with Crippen molar-refractivity contribution in [2.45, 2.75) is 32.2 Å². The summed E-state index contributed by atoms with van der Waals surface area (Å²) < 4.78 is 5.61. The van der Waals surface area contributed by atoms with E-state index in [4.69, 9.17) is 9.84 Å². The lowest BCUT2D eigenvalue weighted by molar-refractivity contribution is -0.138. The highest BCUT2D eigenvalue weighted by Crippen LogP contribution is 2.44. The molecular weight excluding hydrogens is 342 g/mol. The summed E-state index contributed by atoms with van der Waals surface area (Å²) in [5, 5.41) is 9.11. The molecule has 0 saturated carbocycles. The van der Waals surface area contributed by atoms with Crippen molar-refractivity contribution in [3.63, 3.8) is 0 Å². The summed E-state index contributed by atoms with van der Waals surface area (Å²) >= 11 is 0. The van der Waals surface area contributed by atoms with Crippen LogP contribution in [0.5, 0.6) is 0 Å². The maximum Gasteiger partial charge on any atom is 0.409 e. The minimum atomic E-state index is -0.924. The lowest BCUT2D eigenvalue weighted by Crippen LogP contribution is -2.42. The van der Waals surface area contributed by atoms with E-state index in [1.807, 2.05) is 38.1 Å². The topological polar surface area (TPSA) is 66.8 Å². The standard InChI is InChI=1S/C22H25NO4/c1-14(2)20(12-21(24)25)23(3)22(26)27-13-19-17-10-6-4-8-15(17)16-9-5-7-11-18(16)19/h4-11,14,19-20H,12-13H2,1-3H3,(H,24,25)/t20-/m0/s1. The molecular formula is C22H25NO4. The molecule has 2 aromatic rings. The summed E-state index contributed by atoms with van der Waals surface area (Å²) in [5.41, 5.74) is 4.65. The van der Waals surface area contributed by atoms with Crippen LogP contribution in [0.25, 0.3) is 11.1 Å². The zero-order valence-electron chi connectivity index (χ0n) is 15.9. The van der Waals surface area contributed by atoms with Crippen LogP contribution in [0.4, 0.5) is 4.79 Å². The van der Waals surface area contributed by atoms with Crippen LogP contribution in [-0.2, 0) is 9.53 Å². The molecule has 5 heteroatoms. The molecule has 2 aromatic carbocycles. The fraction of sp³-hybridized carbons (Fsp3) is 0.364. The molecule has 1 N–H and O–H groups in total. The van der Waals surface area contributed by atoms with E-state index >= 15 is 0 Å². The van der Waals surface area contributed by atoms with Gasteiger partial charge in [-0.2, -0.15) is 0 Å². The first-order chi connectivity index (χ1) is 12.9. The molecule has 1 atom stereocenters. The van der Waals surface area contributed by atoms with Crippen molar-refractivity contribution in [2.75, 3.05) is 13.7 Å². The molecule has 0 unspecified atom stereocenters. The summed E-state index contributed by atoms with van der Waals surface area (Å²) in [6.07, 6.45) is -0.588. The van der Waals surface area contributed by atoms with Crippen LogP contribution in [0.2, 0.25) is 0 Å². The number of carbonyl (C=O) groups is 2. The second kappa shape index (κ2) is 7.82. The first kappa shape index (κ1) is 19.0. The number of carboxylic acid groups (broad SMARTS) is 1. The number of nitrogens with zero attached hydrogens (tertiary/aromatic N) is 1.